The van der Waals surface area contributed by atoms with Crippen LogP contribution in [0.1, 0.15) is 38.5 Å². The lowest BCUT2D eigenvalue weighted by atomic mass is 9.49. The van der Waals surface area contributed by atoms with Crippen molar-refractivity contribution in [2.45, 2.75) is 43.8 Å². The predicted molar refractivity (Wildman–Crippen MR) is 76.5 cm³/mol. The van der Waals surface area contributed by atoms with Gasteiger partial charge in [-0.3, -0.25) is 4.55 Å². The fourth-order valence-electron chi connectivity index (χ4n) is 5.04. The average molecular weight is 353 g/mol. The normalized spacial score (nSPS) is 36.0. The lowest BCUT2D eigenvalue weighted by Crippen LogP contribution is -2.51. The lowest BCUT2D eigenvalue weighted by molar-refractivity contribution is -0.0519. The number of amides is 1. The van der Waals surface area contributed by atoms with Crippen molar-refractivity contribution in [1.82, 2.24) is 5.32 Å². The topological polar surface area (TPSA) is 92.7 Å². The fourth-order valence-corrected chi connectivity index (χ4v) is 5.25. The minimum absolute atomic E-state index is 0.0271. The zero-order valence-corrected chi connectivity index (χ0v) is 13.4. The molecule has 4 rings (SSSR count). The molecule has 0 aromatic carbocycles. The van der Waals surface area contributed by atoms with E-state index in [4.69, 9.17) is 4.55 Å². The quantitative estimate of drug-likeness (QED) is 0.741. The van der Waals surface area contributed by atoms with E-state index in [2.05, 4.69) is 10.1 Å². The fraction of sp³-hybridized carbons (Fsp3) is 0.929. The summed E-state index contributed by atoms with van der Waals surface area (Å²) < 4.78 is 59.5. The van der Waals surface area contributed by atoms with E-state index < -0.39 is 28.1 Å². The van der Waals surface area contributed by atoms with Gasteiger partial charge in [0.05, 0.1) is 0 Å². The van der Waals surface area contributed by atoms with Gasteiger partial charge in [0, 0.05) is 6.54 Å². The standard InChI is InChI=1S/C14H21F2NO5S/c15-14(16,23(19,20)21)8-22-12(18)17-7-13-4-9-1-10(5-13)3-11(2-9)6-13/h9-11H,1-8H2,(H,17,18)(H,19,20,21). The van der Waals surface area contributed by atoms with Gasteiger partial charge in [0.1, 0.15) is 0 Å². The van der Waals surface area contributed by atoms with Crippen molar-refractivity contribution < 1.29 is 31.3 Å². The Morgan fingerprint density at radius 3 is 2.09 bits per heavy atom. The highest BCUT2D eigenvalue weighted by Gasteiger charge is 2.51. The number of rotatable bonds is 5. The molecule has 0 aromatic heterocycles. The second-order valence-corrected chi connectivity index (χ2v) is 9.01. The summed E-state index contributed by atoms with van der Waals surface area (Å²) in [7, 11) is -5.59. The largest absolute Gasteiger partial charge is 0.442 e. The highest BCUT2D eigenvalue weighted by atomic mass is 32.2. The second-order valence-electron chi connectivity index (χ2n) is 7.46. The zero-order chi connectivity index (χ0) is 16.9. The highest BCUT2D eigenvalue weighted by molar-refractivity contribution is 7.86. The minimum Gasteiger partial charge on any atom is -0.442 e. The van der Waals surface area contributed by atoms with Crippen LogP contribution in [0, 0.1) is 23.2 Å². The van der Waals surface area contributed by atoms with Gasteiger partial charge in [0.25, 0.3) is 0 Å². The molecule has 9 heteroatoms. The Morgan fingerprint density at radius 2 is 1.65 bits per heavy atom. The van der Waals surface area contributed by atoms with Crippen LogP contribution in [-0.2, 0) is 14.9 Å². The van der Waals surface area contributed by atoms with Crippen molar-refractivity contribution in [3.05, 3.63) is 0 Å². The maximum absolute atomic E-state index is 13.0. The molecule has 0 radical (unpaired) electrons. The molecule has 0 aromatic rings. The Kier molecular flexibility index (Phi) is 4.07. The van der Waals surface area contributed by atoms with Gasteiger partial charge in [-0.05, 0) is 61.7 Å². The minimum atomic E-state index is -5.59. The summed E-state index contributed by atoms with van der Waals surface area (Å²) in [6.07, 6.45) is 5.81. The number of alkyl halides is 2. The van der Waals surface area contributed by atoms with Gasteiger partial charge in [-0.1, -0.05) is 0 Å². The molecule has 4 aliphatic rings. The van der Waals surface area contributed by atoms with Crippen LogP contribution in [0.5, 0.6) is 0 Å². The number of carbonyl (C=O) groups excluding carboxylic acids is 1. The van der Waals surface area contributed by atoms with Gasteiger partial charge in [0.15, 0.2) is 6.61 Å². The Balaban J connectivity index is 1.50. The number of halogens is 2. The molecule has 0 spiro atoms. The summed E-state index contributed by atoms with van der Waals surface area (Å²) in [6.45, 7) is -1.33. The Morgan fingerprint density at radius 1 is 1.17 bits per heavy atom. The van der Waals surface area contributed by atoms with Crippen molar-refractivity contribution in [3.63, 3.8) is 0 Å². The Labute approximate surface area is 133 Å². The summed E-state index contributed by atoms with van der Waals surface area (Å²) in [5.74, 6) is 2.09. The average Bonchev–Trinajstić information content (AvgIpc) is 2.40. The molecular formula is C14H21F2NO5S. The number of ether oxygens (including phenoxy) is 1. The van der Waals surface area contributed by atoms with E-state index in [1.807, 2.05) is 0 Å². The van der Waals surface area contributed by atoms with E-state index in [-0.39, 0.29) is 5.41 Å². The van der Waals surface area contributed by atoms with Crippen LogP contribution < -0.4 is 5.32 Å². The second kappa shape index (κ2) is 5.54. The predicted octanol–water partition coefficient (Wildman–Crippen LogP) is 2.41. The maximum Gasteiger partial charge on any atom is 0.407 e. The zero-order valence-electron chi connectivity index (χ0n) is 12.6. The van der Waals surface area contributed by atoms with Crippen LogP contribution in [-0.4, -0.2) is 37.5 Å². The summed E-state index contributed by atoms with van der Waals surface area (Å²) >= 11 is 0. The summed E-state index contributed by atoms with van der Waals surface area (Å²) in [6, 6.07) is 0. The first-order chi connectivity index (χ1) is 10.6. The van der Waals surface area contributed by atoms with Crippen molar-refractivity contribution in [2.75, 3.05) is 13.2 Å². The Bertz CT molecular complexity index is 557. The van der Waals surface area contributed by atoms with Crippen molar-refractivity contribution in [3.8, 4) is 0 Å². The first-order valence-electron chi connectivity index (χ1n) is 7.84. The molecular weight excluding hydrogens is 332 g/mol. The van der Waals surface area contributed by atoms with E-state index in [0.29, 0.717) is 24.3 Å². The van der Waals surface area contributed by atoms with Crippen LogP contribution in [0.2, 0.25) is 0 Å². The first kappa shape index (κ1) is 16.9. The van der Waals surface area contributed by atoms with Gasteiger partial charge in [0.2, 0.25) is 0 Å². The van der Waals surface area contributed by atoms with E-state index in [1.54, 1.807) is 0 Å². The molecule has 4 aliphatic carbocycles. The van der Waals surface area contributed by atoms with Gasteiger partial charge in [-0.15, -0.1) is 0 Å². The third-order valence-electron chi connectivity index (χ3n) is 5.52. The summed E-state index contributed by atoms with van der Waals surface area (Å²) in [5, 5.41) is -2.00. The molecule has 23 heavy (non-hydrogen) atoms. The van der Waals surface area contributed by atoms with Crippen LogP contribution in [0.4, 0.5) is 13.6 Å². The van der Waals surface area contributed by atoms with Crippen molar-refractivity contribution in [1.29, 1.82) is 0 Å². The van der Waals surface area contributed by atoms with Gasteiger partial charge in [-0.2, -0.15) is 17.2 Å². The molecule has 1 amide bonds. The third-order valence-corrected chi connectivity index (χ3v) is 6.39. The van der Waals surface area contributed by atoms with Gasteiger partial charge < -0.3 is 10.1 Å². The van der Waals surface area contributed by atoms with E-state index in [0.717, 1.165) is 19.3 Å². The molecule has 0 aliphatic heterocycles. The number of nitrogens with one attached hydrogen (secondary N) is 1. The lowest BCUT2D eigenvalue weighted by Gasteiger charge is -2.56. The van der Waals surface area contributed by atoms with Gasteiger partial charge >= 0.3 is 21.5 Å². The SMILES string of the molecule is O=C(NCC12CC3CC(CC(C3)C1)C2)OCC(F)(F)S(=O)(=O)O. The summed E-state index contributed by atoms with van der Waals surface area (Å²) in [4.78, 5) is 11.6. The highest BCUT2D eigenvalue weighted by Crippen LogP contribution is 2.59. The molecule has 0 atom stereocenters. The van der Waals surface area contributed by atoms with Crippen LogP contribution >= 0.6 is 0 Å². The number of alkyl carbamates (subject to hydrolysis) is 1. The molecule has 4 bridgehead atoms. The molecule has 6 nitrogen and oxygen atoms in total. The first-order valence-corrected chi connectivity index (χ1v) is 9.28. The number of hydrogen-bond acceptors (Lipinski definition) is 4. The maximum atomic E-state index is 13.0. The van der Waals surface area contributed by atoms with Crippen molar-refractivity contribution in [2.24, 2.45) is 23.2 Å². The summed E-state index contributed by atoms with van der Waals surface area (Å²) in [5.41, 5.74) is 0.0271. The number of hydrogen-bond donors (Lipinski definition) is 2. The van der Waals surface area contributed by atoms with Crippen LogP contribution in [0.25, 0.3) is 0 Å². The molecule has 4 saturated carbocycles. The smallest absolute Gasteiger partial charge is 0.407 e. The molecule has 0 saturated heterocycles. The molecule has 2 N–H and O–H groups in total. The Hall–Kier alpha value is -0.960. The molecule has 132 valence electrons. The number of carbonyl (C=O) groups is 1. The molecule has 4 fully saturated rings. The van der Waals surface area contributed by atoms with E-state index >= 15 is 0 Å². The van der Waals surface area contributed by atoms with E-state index in [1.165, 1.54) is 19.3 Å². The third kappa shape index (κ3) is 3.45. The van der Waals surface area contributed by atoms with E-state index in [9.17, 15) is 22.0 Å². The molecule has 0 unspecified atom stereocenters. The molecule has 0 heterocycles. The van der Waals surface area contributed by atoms with Crippen LogP contribution in [0.3, 0.4) is 0 Å². The van der Waals surface area contributed by atoms with Gasteiger partial charge in [-0.25, -0.2) is 4.79 Å². The van der Waals surface area contributed by atoms with Crippen molar-refractivity contribution >= 4 is 16.2 Å². The monoisotopic (exact) mass is 353 g/mol. The van der Waals surface area contributed by atoms with Crippen LogP contribution in [0.15, 0.2) is 0 Å².